The van der Waals surface area contributed by atoms with E-state index < -0.39 is 0 Å². The van der Waals surface area contributed by atoms with Crippen LogP contribution in [0.5, 0.6) is 5.75 Å². The molecule has 0 spiro atoms. The van der Waals surface area contributed by atoms with Gasteiger partial charge in [-0.15, -0.1) is 0 Å². The quantitative estimate of drug-likeness (QED) is 0.835. The number of benzene rings is 1. The number of aromatic hydroxyl groups is 1. The summed E-state index contributed by atoms with van der Waals surface area (Å²) in [6.07, 6.45) is 1.11. The molecule has 1 fully saturated rings. The van der Waals surface area contributed by atoms with Gasteiger partial charge in [0.25, 0.3) is 0 Å². The summed E-state index contributed by atoms with van der Waals surface area (Å²) < 4.78 is 1.02. The van der Waals surface area contributed by atoms with Crippen molar-refractivity contribution in [2.45, 2.75) is 12.3 Å². The van der Waals surface area contributed by atoms with Crippen LogP contribution >= 0.6 is 15.9 Å². The lowest BCUT2D eigenvalue weighted by molar-refractivity contribution is 0.467. The standard InChI is InChI=1S/C10H12BrNO/c11-7-1-2-10(13)9(4-7)8-3-6(8)5-12/h1-2,4,6,8,13H,3,5,12H2/t6-,8+/m0/s1. The Morgan fingerprint density at radius 2 is 2.31 bits per heavy atom. The van der Waals surface area contributed by atoms with Crippen LogP contribution in [0.2, 0.25) is 0 Å². The summed E-state index contributed by atoms with van der Waals surface area (Å²) in [7, 11) is 0. The molecule has 0 bridgehead atoms. The number of hydrogen-bond donors (Lipinski definition) is 2. The van der Waals surface area contributed by atoms with Crippen LogP contribution in [0.1, 0.15) is 17.9 Å². The van der Waals surface area contributed by atoms with Crippen molar-refractivity contribution in [3.63, 3.8) is 0 Å². The third-order valence-corrected chi connectivity index (χ3v) is 3.11. The Labute approximate surface area is 85.9 Å². The Hall–Kier alpha value is -0.540. The van der Waals surface area contributed by atoms with Gasteiger partial charge in [0.1, 0.15) is 5.75 Å². The minimum absolute atomic E-state index is 0.393. The Kier molecular flexibility index (Phi) is 2.30. The molecule has 0 unspecified atom stereocenters. The molecule has 3 heteroatoms. The lowest BCUT2D eigenvalue weighted by Crippen LogP contribution is -2.01. The van der Waals surface area contributed by atoms with E-state index in [9.17, 15) is 5.11 Å². The summed E-state index contributed by atoms with van der Waals surface area (Å²) >= 11 is 3.39. The Morgan fingerprint density at radius 1 is 1.54 bits per heavy atom. The molecule has 0 heterocycles. The maximum absolute atomic E-state index is 9.60. The maximum Gasteiger partial charge on any atom is 0.119 e. The molecule has 2 rings (SSSR count). The third-order valence-electron chi connectivity index (χ3n) is 2.61. The van der Waals surface area contributed by atoms with E-state index in [4.69, 9.17) is 5.73 Å². The fourth-order valence-corrected chi connectivity index (χ4v) is 2.09. The zero-order chi connectivity index (χ0) is 9.42. The molecule has 0 aliphatic heterocycles. The molecule has 2 nitrogen and oxygen atoms in total. The Balaban J connectivity index is 2.25. The number of phenols is 1. The summed E-state index contributed by atoms with van der Waals surface area (Å²) in [4.78, 5) is 0. The fourth-order valence-electron chi connectivity index (χ4n) is 1.71. The predicted octanol–water partition coefficient (Wildman–Crippen LogP) is 2.22. The highest BCUT2D eigenvalue weighted by molar-refractivity contribution is 9.10. The van der Waals surface area contributed by atoms with Gasteiger partial charge >= 0.3 is 0 Å². The van der Waals surface area contributed by atoms with E-state index in [1.807, 2.05) is 12.1 Å². The van der Waals surface area contributed by atoms with Crippen molar-refractivity contribution in [3.05, 3.63) is 28.2 Å². The van der Waals surface area contributed by atoms with E-state index in [1.54, 1.807) is 6.07 Å². The highest BCUT2D eigenvalue weighted by Crippen LogP contribution is 2.49. The molecule has 1 aliphatic carbocycles. The van der Waals surface area contributed by atoms with Gasteiger partial charge in [-0.05, 0) is 48.6 Å². The number of rotatable bonds is 2. The van der Waals surface area contributed by atoms with Gasteiger partial charge in [-0.1, -0.05) is 15.9 Å². The second kappa shape index (κ2) is 3.31. The zero-order valence-electron chi connectivity index (χ0n) is 7.20. The summed E-state index contributed by atoms with van der Waals surface area (Å²) in [6, 6.07) is 5.56. The van der Waals surface area contributed by atoms with Crippen molar-refractivity contribution >= 4 is 15.9 Å². The summed E-state index contributed by atoms with van der Waals surface area (Å²) in [5.41, 5.74) is 6.59. The first kappa shape index (κ1) is 9.03. The van der Waals surface area contributed by atoms with Crippen molar-refractivity contribution < 1.29 is 5.11 Å². The molecule has 0 saturated heterocycles. The minimum atomic E-state index is 0.393. The van der Waals surface area contributed by atoms with Crippen LogP contribution in [0.3, 0.4) is 0 Å². The molecule has 1 aromatic rings. The smallest absolute Gasteiger partial charge is 0.119 e. The van der Waals surface area contributed by atoms with Gasteiger partial charge in [-0.2, -0.15) is 0 Å². The molecule has 0 radical (unpaired) electrons. The van der Waals surface area contributed by atoms with Gasteiger partial charge in [0, 0.05) is 4.47 Å². The summed E-state index contributed by atoms with van der Waals surface area (Å²) in [5, 5.41) is 9.60. The van der Waals surface area contributed by atoms with E-state index >= 15 is 0 Å². The largest absolute Gasteiger partial charge is 0.508 e. The van der Waals surface area contributed by atoms with Crippen LogP contribution in [0.4, 0.5) is 0 Å². The third kappa shape index (κ3) is 1.71. The molecule has 1 saturated carbocycles. The number of hydrogen-bond acceptors (Lipinski definition) is 2. The van der Waals surface area contributed by atoms with Crippen molar-refractivity contribution in [1.29, 1.82) is 0 Å². The van der Waals surface area contributed by atoms with Crippen LogP contribution in [0, 0.1) is 5.92 Å². The van der Waals surface area contributed by atoms with Gasteiger partial charge in [0.2, 0.25) is 0 Å². The predicted molar refractivity (Wildman–Crippen MR) is 55.7 cm³/mol. The number of halogens is 1. The molecule has 70 valence electrons. The molecule has 3 N–H and O–H groups in total. The first-order valence-electron chi connectivity index (χ1n) is 4.41. The Morgan fingerprint density at radius 3 is 2.92 bits per heavy atom. The molecule has 13 heavy (non-hydrogen) atoms. The molecular formula is C10H12BrNO. The topological polar surface area (TPSA) is 46.2 Å². The lowest BCUT2D eigenvalue weighted by Gasteiger charge is -2.03. The SMILES string of the molecule is NC[C@@H]1C[C@H]1c1cc(Br)ccc1O. The lowest BCUT2D eigenvalue weighted by atomic mass is 10.1. The van der Waals surface area contributed by atoms with E-state index in [2.05, 4.69) is 15.9 Å². The zero-order valence-corrected chi connectivity index (χ0v) is 8.79. The van der Waals surface area contributed by atoms with Gasteiger partial charge in [0.05, 0.1) is 0 Å². The van der Waals surface area contributed by atoms with Crippen LogP contribution in [0.15, 0.2) is 22.7 Å². The van der Waals surface area contributed by atoms with Crippen molar-refractivity contribution in [2.24, 2.45) is 11.7 Å². The van der Waals surface area contributed by atoms with E-state index in [-0.39, 0.29) is 0 Å². The van der Waals surface area contributed by atoms with Crippen LogP contribution in [-0.2, 0) is 0 Å². The molecule has 2 atom stereocenters. The first-order valence-corrected chi connectivity index (χ1v) is 5.20. The molecular weight excluding hydrogens is 230 g/mol. The molecule has 0 aromatic heterocycles. The summed E-state index contributed by atoms with van der Waals surface area (Å²) in [6.45, 7) is 0.719. The number of nitrogens with two attached hydrogens (primary N) is 1. The molecule has 1 aliphatic rings. The Bertz CT molecular complexity index is 327. The second-order valence-corrected chi connectivity index (χ2v) is 4.46. The van der Waals surface area contributed by atoms with Crippen molar-refractivity contribution in [3.8, 4) is 5.75 Å². The van der Waals surface area contributed by atoms with Crippen LogP contribution in [0.25, 0.3) is 0 Å². The van der Waals surface area contributed by atoms with Crippen LogP contribution in [-0.4, -0.2) is 11.7 Å². The van der Waals surface area contributed by atoms with E-state index in [1.165, 1.54) is 0 Å². The molecule has 1 aromatic carbocycles. The van der Waals surface area contributed by atoms with Gasteiger partial charge in [0.15, 0.2) is 0 Å². The summed E-state index contributed by atoms with van der Waals surface area (Å²) in [5.74, 6) is 1.44. The van der Waals surface area contributed by atoms with E-state index in [0.29, 0.717) is 17.6 Å². The van der Waals surface area contributed by atoms with Gasteiger partial charge in [-0.25, -0.2) is 0 Å². The monoisotopic (exact) mass is 241 g/mol. The van der Waals surface area contributed by atoms with Crippen molar-refractivity contribution in [2.75, 3.05) is 6.54 Å². The van der Waals surface area contributed by atoms with Gasteiger partial charge in [-0.3, -0.25) is 0 Å². The highest BCUT2D eigenvalue weighted by Gasteiger charge is 2.38. The number of phenolic OH excluding ortho intramolecular Hbond substituents is 1. The first-order chi connectivity index (χ1) is 6.22. The average Bonchev–Trinajstić information content (AvgIpc) is 2.88. The average molecular weight is 242 g/mol. The van der Waals surface area contributed by atoms with Crippen molar-refractivity contribution in [1.82, 2.24) is 0 Å². The minimum Gasteiger partial charge on any atom is -0.508 e. The molecule has 0 amide bonds. The van der Waals surface area contributed by atoms with Gasteiger partial charge < -0.3 is 10.8 Å². The van der Waals surface area contributed by atoms with Crippen LogP contribution < -0.4 is 5.73 Å². The second-order valence-electron chi connectivity index (χ2n) is 3.54. The maximum atomic E-state index is 9.60. The fraction of sp³-hybridized carbons (Fsp3) is 0.400. The highest BCUT2D eigenvalue weighted by atomic mass is 79.9. The normalized spacial score (nSPS) is 26.0. The van der Waals surface area contributed by atoms with E-state index in [0.717, 1.165) is 23.0 Å².